The van der Waals surface area contributed by atoms with Crippen LogP contribution in [-0.4, -0.2) is 10.8 Å². The van der Waals surface area contributed by atoms with E-state index < -0.39 is 23.4 Å². The van der Waals surface area contributed by atoms with Gasteiger partial charge in [-0.3, -0.25) is 4.79 Å². The maximum atomic E-state index is 13.1. The first-order valence-corrected chi connectivity index (χ1v) is 11.4. The zero-order valence-electron chi connectivity index (χ0n) is 20.3. The van der Waals surface area contributed by atoms with Gasteiger partial charge < -0.3 is 0 Å². The fourth-order valence-electron chi connectivity index (χ4n) is 4.22. The summed E-state index contributed by atoms with van der Waals surface area (Å²) in [6.45, 7) is 8.33. The number of Topliss-reactive ketones (excluding diaryl/α,β-unsaturated/α-hetero) is 1. The molecule has 0 amide bonds. The van der Waals surface area contributed by atoms with Crippen molar-refractivity contribution in [3.8, 4) is 0 Å². The highest BCUT2D eigenvalue weighted by Crippen LogP contribution is 2.42. The largest absolute Gasteiger partial charge is 0.416 e. The highest BCUT2D eigenvalue weighted by molar-refractivity contribution is 5.95. The number of alkyl halides is 3. The number of halogens is 5. The van der Waals surface area contributed by atoms with Crippen LogP contribution in [0.15, 0.2) is 55.1 Å². The Hall–Kier alpha value is -3.61. The molecule has 0 fully saturated rings. The van der Waals surface area contributed by atoms with Gasteiger partial charge in [0.15, 0.2) is 5.78 Å². The first kappa shape index (κ1) is 27.0. The molecule has 0 N–H and O–H groups in total. The predicted octanol–water partition coefficient (Wildman–Crippen LogP) is 8.62. The maximum Gasteiger partial charge on any atom is 0.416 e. The number of nitrogens with zero attached hydrogens (tertiary/aromatic N) is 1. The summed E-state index contributed by atoms with van der Waals surface area (Å²) in [7, 11) is 0. The SMILES string of the molecule is C=Cc1c(C)cc(F)cc1F.CC(=O)c1cccc(C2=C(c3cc(C(F)(F)F)ccc3C)CCC2)n1. The van der Waals surface area contributed by atoms with Crippen molar-refractivity contribution >= 4 is 23.0 Å². The average molecular weight is 500 g/mol. The molecule has 2 aromatic carbocycles. The molecule has 0 bridgehead atoms. The Bertz CT molecular complexity index is 1310. The molecule has 1 aliphatic carbocycles. The van der Waals surface area contributed by atoms with E-state index in [2.05, 4.69) is 11.6 Å². The van der Waals surface area contributed by atoms with Crippen molar-refractivity contribution in [2.45, 2.75) is 46.2 Å². The second-order valence-electron chi connectivity index (χ2n) is 8.62. The number of hydrogen-bond acceptors (Lipinski definition) is 2. The van der Waals surface area contributed by atoms with Crippen LogP contribution in [-0.2, 0) is 6.18 Å². The summed E-state index contributed by atoms with van der Waals surface area (Å²) < 4.78 is 64.5. The Morgan fingerprint density at radius 1 is 0.972 bits per heavy atom. The summed E-state index contributed by atoms with van der Waals surface area (Å²) in [5, 5.41) is 0. The van der Waals surface area contributed by atoms with Crippen LogP contribution in [0.3, 0.4) is 0 Å². The molecular weight excluding hydrogens is 473 g/mol. The highest BCUT2D eigenvalue weighted by Gasteiger charge is 2.31. The number of allylic oxidation sites excluding steroid dienone is 2. The van der Waals surface area contributed by atoms with Crippen LogP contribution in [0, 0.1) is 25.5 Å². The second-order valence-corrected chi connectivity index (χ2v) is 8.62. The lowest BCUT2D eigenvalue weighted by Gasteiger charge is -2.14. The van der Waals surface area contributed by atoms with Gasteiger partial charge >= 0.3 is 6.18 Å². The number of hydrogen-bond donors (Lipinski definition) is 0. The summed E-state index contributed by atoms with van der Waals surface area (Å²) in [5.41, 5.74) is 4.61. The van der Waals surface area contributed by atoms with Crippen LogP contribution in [0.2, 0.25) is 0 Å². The third kappa shape index (κ3) is 6.14. The van der Waals surface area contributed by atoms with E-state index in [4.69, 9.17) is 0 Å². The molecule has 0 saturated carbocycles. The third-order valence-electron chi connectivity index (χ3n) is 6.03. The summed E-state index contributed by atoms with van der Waals surface area (Å²) in [6.07, 6.45) is -0.659. The summed E-state index contributed by atoms with van der Waals surface area (Å²) in [6, 6.07) is 11.2. The number of aryl methyl sites for hydroxylation is 2. The first-order valence-electron chi connectivity index (χ1n) is 11.4. The zero-order chi connectivity index (χ0) is 26.6. The molecule has 1 heterocycles. The lowest BCUT2D eigenvalue weighted by molar-refractivity contribution is -0.137. The van der Waals surface area contributed by atoms with Crippen LogP contribution >= 0.6 is 0 Å². The molecule has 7 heteroatoms. The van der Waals surface area contributed by atoms with E-state index in [1.54, 1.807) is 19.1 Å². The molecule has 188 valence electrons. The fourth-order valence-corrected chi connectivity index (χ4v) is 4.22. The topological polar surface area (TPSA) is 30.0 Å². The van der Waals surface area contributed by atoms with Crippen molar-refractivity contribution in [2.24, 2.45) is 0 Å². The smallest absolute Gasteiger partial charge is 0.293 e. The Labute approximate surface area is 207 Å². The standard InChI is InChI=1S/C20H18F3NO.C9H8F2/c1-12-9-10-14(20(21,22)23)11-17(12)15-5-3-6-16(15)19-8-4-7-18(24-19)13(2)25;1-3-8-6(2)4-7(10)5-9(8)11/h4,7-11H,3,5-6H2,1-2H3;3-5H,1H2,2H3. The van der Waals surface area contributed by atoms with Gasteiger partial charge in [0.1, 0.15) is 17.3 Å². The molecule has 36 heavy (non-hydrogen) atoms. The van der Waals surface area contributed by atoms with Gasteiger partial charge in [0.2, 0.25) is 0 Å². The van der Waals surface area contributed by atoms with Crippen molar-refractivity contribution in [1.82, 2.24) is 4.98 Å². The Balaban J connectivity index is 0.000000275. The van der Waals surface area contributed by atoms with Gasteiger partial charge in [0, 0.05) is 18.6 Å². The normalized spacial score (nSPS) is 13.3. The number of pyridine rings is 1. The molecular formula is C29H26F5NO. The second kappa shape index (κ2) is 11.0. The quantitative estimate of drug-likeness (QED) is 0.266. The monoisotopic (exact) mass is 499 g/mol. The minimum atomic E-state index is -4.37. The minimum Gasteiger partial charge on any atom is -0.293 e. The molecule has 4 rings (SSSR count). The van der Waals surface area contributed by atoms with Crippen LogP contribution in [0.5, 0.6) is 0 Å². The molecule has 2 nitrogen and oxygen atoms in total. The van der Waals surface area contributed by atoms with Crippen molar-refractivity contribution in [3.05, 3.63) is 106 Å². The molecule has 0 saturated heterocycles. The first-order chi connectivity index (χ1) is 16.9. The van der Waals surface area contributed by atoms with E-state index in [-0.39, 0.29) is 5.78 Å². The summed E-state index contributed by atoms with van der Waals surface area (Å²) in [5.74, 6) is -1.24. The number of aromatic nitrogens is 1. The van der Waals surface area contributed by atoms with Gasteiger partial charge in [-0.2, -0.15) is 13.2 Å². The number of rotatable bonds is 4. The molecule has 0 atom stereocenters. The van der Waals surface area contributed by atoms with Gasteiger partial charge in [0.05, 0.1) is 11.3 Å². The molecule has 0 radical (unpaired) electrons. The van der Waals surface area contributed by atoms with Crippen molar-refractivity contribution in [3.63, 3.8) is 0 Å². The van der Waals surface area contributed by atoms with Crippen LogP contribution in [0.1, 0.15) is 70.2 Å². The molecule has 1 aromatic heterocycles. The minimum absolute atomic E-state index is 0.128. The van der Waals surface area contributed by atoms with Gasteiger partial charge in [-0.1, -0.05) is 24.8 Å². The van der Waals surface area contributed by atoms with E-state index in [1.165, 1.54) is 31.2 Å². The molecule has 0 aliphatic heterocycles. The van der Waals surface area contributed by atoms with Gasteiger partial charge in [0.25, 0.3) is 0 Å². The Kier molecular flexibility index (Phi) is 8.23. The van der Waals surface area contributed by atoms with Gasteiger partial charge in [-0.15, -0.1) is 0 Å². The lowest BCUT2D eigenvalue weighted by Crippen LogP contribution is -2.06. The maximum absolute atomic E-state index is 13.1. The van der Waals surface area contributed by atoms with Crippen molar-refractivity contribution < 1.29 is 26.7 Å². The predicted molar refractivity (Wildman–Crippen MR) is 132 cm³/mol. The molecule has 0 unspecified atom stereocenters. The van der Waals surface area contributed by atoms with E-state index >= 15 is 0 Å². The van der Waals surface area contributed by atoms with E-state index in [0.717, 1.165) is 41.7 Å². The van der Waals surface area contributed by atoms with Crippen molar-refractivity contribution in [1.29, 1.82) is 0 Å². The number of ketones is 1. The van der Waals surface area contributed by atoms with Gasteiger partial charge in [-0.25, -0.2) is 13.8 Å². The summed E-state index contributed by atoms with van der Waals surface area (Å²) >= 11 is 0. The van der Waals surface area contributed by atoms with Crippen LogP contribution in [0.4, 0.5) is 22.0 Å². The third-order valence-corrected chi connectivity index (χ3v) is 6.03. The molecule has 0 spiro atoms. The number of carbonyl (C=O) groups is 1. The van der Waals surface area contributed by atoms with E-state index in [1.807, 2.05) is 13.0 Å². The number of carbonyl (C=O) groups excluding carboxylic acids is 1. The Morgan fingerprint density at radius 2 is 1.67 bits per heavy atom. The lowest BCUT2D eigenvalue weighted by atomic mass is 9.94. The number of benzene rings is 2. The highest BCUT2D eigenvalue weighted by atomic mass is 19.4. The average Bonchev–Trinajstić information content (AvgIpc) is 3.28. The van der Waals surface area contributed by atoms with Crippen LogP contribution < -0.4 is 0 Å². The molecule has 3 aromatic rings. The van der Waals surface area contributed by atoms with Crippen molar-refractivity contribution in [2.75, 3.05) is 0 Å². The zero-order valence-corrected chi connectivity index (χ0v) is 20.3. The molecule has 1 aliphatic rings. The summed E-state index contributed by atoms with van der Waals surface area (Å²) in [4.78, 5) is 16.0. The fraction of sp³-hybridized carbons (Fsp3) is 0.241. The van der Waals surface area contributed by atoms with E-state index in [0.29, 0.717) is 34.5 Å². The Morgan fingerprint density at radius 3 is 2.28 bits per heavy atom. The van der Waals surface area contributed by atoms with Gasteiger partial charge in [-0.05, 0) is 91.3 Å². The van der Waals surface area contributed by atoms with Crippen LogP contribution in [0.25, 0.3) is 17.2 Å². The van der Waals surface area contributed by atoms with E-state index in [9.17, 15) is 26.7 Å².